The number of hydrogen-bond donors (Lipinski definition) is 0. The molecule has 3 rings (SSSR count). The third-order valence-corrected chi connectivity index (χ3v) is 6.91. The first-order chi connectivity index (χ1) is 11.8. The minimum Gasteiger partial charge on any atom is -0.399 e. The van der Waals surface area contributed by atoms with Gasteiger partial charge < -0.3 is 9.31 Å². The van der Waals surface area contributed by atoms with Crippen LogP contribution in [0.15, 0.2) is 12.1 Å². The van der Waals surface area contributed by atoms with E-state index in [2.05, 4.69) is 0 Å². The highest BCUT2D eigenvalue weighted by atomic mass is 35.5. The van der Waals surface area contributed by atoms with Crippen molar-refractivity contribution in [3.63, 3.8) is 0 Å². The predicted octanol–water partition coefficient (Wildman–Crippen LogP) is 5.41. The summed E-state index contributed by atoms with van der Waals surface area (Å²) in [4.78, 5) is 0. The summed E-state index contributed by atoms with van der Waals surface area (Å²) in [6, 6.07) is 3.93. The summed E-state index contributed by atoms with van der Waals surface area (Å²) in [5, 5.41) is 0.605. The third kappa shape index (κ3) is 3.43. The quantitative estimate of drug-likeness (QED) is 0.634. The van der Waals surface area contributed by atoms with Gasteiger partial charge in [-0.15, -0.1) is 0 Å². The SMILES string of the molecule is Cc1cc(C2(C)CCC(F)(F)CC2)c(Cl)cc1B1OC(C)(C)C(C)(C)O1. The maximum atomic E-state index is 13.6. The van der Waals surface area contributed by atoms with E-state index in [0.29, 0.717) is 17.9 Å². The number of halogens is 3. The van der Waals surface area contributed by atoms with Crippen molar-refractivity contribution in [2.45, 2.75) is 89.8 Å². The zero-order chi connectivity index (χ0) is 19.5. The Bertz CT molecular complexity index is 692. The Morgan fingerprint density at radius 1 is 0.923 bits per heavy atom. The first kappa shape index (κ1) is 20.1. The number of alkyl halides is 2. The van der Waals surface area contributed by atoms with E-state index in [1.54, 1.807) is 0 Å². The zero-order valence-electron chi connectivity index (χ0n) is 16.5. The Kier molecular flexibility index (Phi) is 4.78. The van der Waals surface area contributed by atoms with Crippen LogP contribution in [-0.2, 0) is 14.7 Å². The lowest BCUT2D eigenvalue weighted by molar-refractivity contribution is -0.0497. The molecule has 1 aromatic carbocycles. The number of aryl methyl sites for hydroxylation is 1. The highest BCUT2D eigenvalue weighted by Crippen LogP contribution is 2.47. The lowest BCUT2D eigenvalue weighted by Gasteiger charge is -2.38. The molecule has 0 atom stereocenters. The van der Waals surface area contributed by atoms with E-state index < -0.39 is 24.2 Å². The van der Waals surface area contributed by atoms with Crippen molar-refractivity contribution < 1.29 is 18.1 Å². The summed E-state index contributed by atoms with van der Waals surface area (Å²) in [6.45, 7) is 12.1. The molecule has 1 saturated heterocycles. The second kappa shape index (κ2) is 6.18. The van der Waals surface area contributed by atoms with E-state index in [-0.39, 0.29) is 18.3 Å². The van der Waals surface area contributed by atoms with Gasteiger partial charge in [-0.3, -0.25) is 0 Å². The molecule has 0 bridgehead atoms. The molecule has 1 aromatic rings. The lowest BCUT2D eigenvalue weighted by atomic mass is 9.68. The first-order valence-electron chi connectivity index (χ1n) is 9.30. The second-order valence-electron chi connectivity index (χ2n) is 9.19. The van der Waals surface area contributed by atoms with Crippen LogP contribution in [0, 0.1) is 6.92 Å². The zero-order valence-corrected chi connectivity index (χ0v) is 17.3. The molecule has 0 N–H and O–H groups in total. The van der Waals surface area contributed by atoms with E-state index in [1.165, 1.54) is 0 Å². The molecule has 1 heterocycles. The predicted molar refractivity (Wildman–Crippen MR) is 103 cm³/mol. The van der Waals surface area contributed by atoms with E-state index in [9.17, 15) is 8.78 Å². The first-order valence-corrected chi connectivity index (χ1v) is 9.68. The molecule has 6 heteroatoms. The standard InChI is InChI=1S/C20H28BClF2O2/c1-13-11-14(19(6)7-9-20(23,24)10-8-19)16(22)12-15(13)21-25-17(2,3)18(4,5)26-21/h11-12H,7-10H2,1-6H3. The smallest absolute Gasteiger partial charge is 0.399 e. The van der Waals surface area contributed by atoms with E-state index in [1.807, 2.05) is 53.7 Å². The monoisotopic (exact) mass is 384 g/mol. The summed E-state index contributed by atoms with van der Waals surface area (Å²) in [5.74, 6) is -2.55. The van der Waals surface area contributed by atoms with Crippen LogP contribution in [0.25, 0.3) is 0 Å². The van der Waals surface area contributed by atoms with E-state index in [4.69, 9.17) is 20.9 Å². The minimum absolute atomic E-state index is 0.0855. The molecule has 1 saturated carbocycles. The largest absolute Gasteiger partial charge is 0.495 e. The van der Waals surface area contributed by atoms with Gasteiger partial charge in [0.2, 0.25) is 5.92 Å². The minimum atomic E-state index is -2.55. The van der Waals surface area contributed by atoms with E-state index >= 15 is 0 Å². The van der Waals surface area contributed by atoms with Crippen molar-refractivity contribution >= 4 is 24.2 Å². The topological polar surface area (TPSA) is 18.5 Å². The maximum Gasteiger partial charge on any atom is 0.495 e. The van der Waals surface area contributed by atoms with Gasteiger partial charge in [-0.2, -0.15) is 0 Å². The summed E-state index contributed by atoms with van der Waals surface area (Å²) >= 11 is 6.62. The molecule has 1 aliphatic heterocycles. The fraction of sp³-hybridized carbons (Fsp3) is 0.700. The molecule has 0 spiro atoms. The summed E-state index contributed by atoms with van der Waals surface area (Å²) in [7, 11) is -0.477. The molecule has 0 radical (unpaired) electrons. The lowest BCUT2D eigenvalue weighted by Crippen LogP contribution is -2.41. The van der Waals surface area contributed by atoms with Gasteiger partial charge in [-0.25, -0.2) is 8.78 Å². The van der Waals surface area contributed by atoms with Crippen LogP contribution < -0.4 is 5.46 Å². The number of hydrogen-bond acceptors (Lipinski definition) is 2. The Labute approximate surface area is 160 Å². The Morgan fingerprint density at radius 3 is 1.92 bits per heavy atom. The summed E-state index contributed by atoms with van der Waals surface area (Å²) < 4.78 is 39.5. The molecule has 2 aliphatic rings. The van der Waals surface area contributed by atoms with Gasteiger partial charge in [0.05, 0.1) is 11.2 Å². The van der Waals surface area contributed by atoms with Gasteiger partial charge in [0.15, 0.2) is 0 Å². The van der Waals surface area contributed by atoms with Crippen molar-refractivity contribution in [2.24, 2.45) is 0 Å². The molecular formula is C20H28BClF2O2. The molecular weight excluding hydrogens is 356 g/mol. The van der Waals surface area contributed by atoms with Crippen molar-refractivity contribution in [1.29, 1.82) is 0 Å². The molecule has 2 nitrogen and oxygen atoms in total. The van der Waals surface area contributed by atoms with Crippen LogP contribution in [0.3, 0.4) is 0 Å². The number of rotatable bonds is 2. The molecule has 0 aromatic heterocycles. The third-order valence-electron chi connectivity index (χ3n) is 6.60. The van der Waals surface area contributed by atoms with E-state index in [0.717, 1.165) is 16.6 Å². The van der Waals surface area contributed by atoms with Crippen molar-refractivity contribution in [3.8, 4) is 0 Å². The van der Waals surface area contributed by atoms with Crippen molar-refractivity contribution in [1.82, 2.24) is 0 Å². The molecule has 0 amide bonds. The van der Waals surface area contributed by atoms with Crippen LogP contribution in [0.5, 0.6) is 0 Å². The van der Waals surface area contributed by atoms with Gasteiger partial charge in [0, 0.05) is 17.9 Å². The van der Waals surface area contributed by atoms with Crippen LogP contribution in [0.2, 0.25) is 5.02 Å². The average molecular weight is 385 g/mol. The second-order valence-corrected chi connectivity index (χ2v) is 9.60. The maximum absolute atomic E-state index is 13.6. The van der Waals surface area contributed by atoms with Crippen molar-refractivity contribution in [3.05, 3.63) is 28.3 Å². The molecule has 0 unspecified atom stereocenters. The summed E-state index contributed by atoms with van der Waals surface area (Å²) in [5.41, 5.74) is 1.71. The molecule has 1 aliphatic carbocycles. The summed E-state index contributed by atoms with van der Waals surface area (Å²) in [6.07, 6.45) is 0.708. The van der Waals surface area contributed by atoms with Crippen LogP contribution >= 0.6 is 11.6 Å². The van der Waals surface area contributed by atoms with Gasteiger partial charge in [0.1, 0.15) is 0 Å². The highest BCUT2D eigenvalue weighted by molar-refractivity contribution is 6.63. The van der Waals surface area contributed by atoms with Crippen LogP contribution in [-0.4, -0.2) is 24.2 Å². The average Bonchev–Trinajstić information content (AvgIpc) is 2.73. The molecule has 26 heavy (non-hydrogen) atoms. The molecule has 144 valence electrons. The van der Waals surface area contributed by atoms with Gasteiger partial charge in [-0.1, -0.05) is 30.2 Å². The fourth-order valence-corrected chi connectivity index (χ4v) is 4.22. The van der Waals surface area contributed by atoms with Gasteiger partial charge >= 0.3 is 7.12 Å². The normalized spacial score (nSPS) is 26.1. The van der Waals surface area contributed by atoms with Gasteiger partial charge in [-0.05, 0) is 70.0 Å². The highest BCUT2D eigenvalue weighted by Gasteiger charge is 2.52. The van der Waals surface area contributed by atoms with Crippen molar-refractivity contribution in [2.75, 3.05) is 0 Å². The molecule has 2 fully saturated rings. The van der Waals surface area contributed by atoms with Gasteiger partial charge in [0.25, 0.3) is 0 Å². The number of benzene rings is 1. The van der Waals surface area contributed by atoms with Crippen LogP contribution in [0.4, 0.5) is 8.78 Å². The Morgan fingerprint density at radius 2 is 1.42 bits per heavy atom. The Balaban J connectivity index is 1.91. The fourth-order valence-electron chi connectivity index (χ4n) is 3.82. The van der Waals surface area contributed by atoms with Crippen LogP contribution in [0.1, 0.15) is 71.4 Å². The Hall–Kier alpha value is -0.645.